The SMILES string of the molecule is CCc1c(CCON)cc(F)cc1OC. The molecule has 0 saturated carbocycles. The number of benzene rings is 1. The molecule has 0 aliphatic carbocycles. The van der Waals surface area contributed by atoms with Crippen LogP contribution in [0.1, 0.15) is 18.1 Å². The van der Waals surface area contributed by atoms with E-state index < -0.39 is 0 Å². The summed E-state index contributed by atoms with van der Waals surface area (Å²) >= 11 is 0. The lowest BCUT2D eigenvalue weighted by atomic mass is 10.0. The maximum Gasteiger partial charge on any atom is 0.127 e. The van der Waals surface area contributed by atoms with Crippen LogP contribution in [0.2, 0.25) is 0 Å². The molecule has 3 nitrogen and oxygen atoms in total. The molecular formula is C11H16FNO2. The van der Waals surface area contributed by atoms with Gasteiger partial charge in [-0.1, -0.05) is 6.92 Å². The molecule has 0 spiro atoms. The summed E-state index contributed by atoms with van der Waals surface area (Å²) in [4.78, 5) is 4.50. The van der Waals surface area contributed by atoms with E-state index in [0.29, 0.717) is 18.8 Å². The second kappa shape index (κ2) is 5.68. The van der Waals surface area contributed by atoms with E-state index in [4.69, 9.17) is 10.6 Å². The summed E-state index contributed by atoms with van der Waals surface area (Å²) in [6.45, 7) is 2.38. The predicted molar refractivity (Wildman–Crippen MR) is 56.2 cm³/mol. The topological polar surface area (TPSA) is 44.5 Å². The molecular weight excluding hydrogens is 197 g/mol. The first kappa shape index (κ1) is 11.9. The van der Waals surface area contributed by atoms with Crippen LogP contribution in [0, 0.1) is 5.82 Å². The summed E-state index contributed by atoms with van der Waals surface area (Å²) in [5, 5.41) is 0. The third kappa shape index (κ3) is 2.91. The zero-order chi connectivity index (χ0) is 11.3. The molecule has 4 heteroatoms. The summed E-state index contributed by atoms with van der Waals surface area (Å²) in [5.74, 6) is 5.24. The Morgan fingerprint density at radius 2 is 2.13 bits per heavy atom. The quantitative estimate of drug-likeness (QED) is 0.759. The van der Waals surface area contributed by atoms with Gasteiger partial charge in [-0.3, -0.25) is 0 Å². The Balaban J connectivity index is 3.05. The standard InChI is InChI=1S/C11H16FNO2/c1-3-10-8(4-5-15-13)6-9(12)7-11(10)14-2/h6-7H,3-5,13H2,1-2H3. The lowest BCUT2D eigenvalue weighted by Crippen LogP contribution is -2.07. The second-order valence-electron chi connectivity index (χ2n) is 3.22. The van der Waals surface area contributed by atoms with Crippen LogP contribution >= 0.6 is 0 Å². The highest BCUT2D eigenvalue weighted by molar-refractivity contribution is 5.41. The normalized spacial score (nSPS) is 10.4. The van der Waals surface area contributed by atoms with E-state index in [1.165, 1.54) is 19.2 Å². The van der Waals surface area contributed by atoms with Gasteiger partial charge in [-0.2, -0.15) is 0 Å². The maximum absolute atomic E-state index is 13.2. The van der Waals surface area contributed by atoms with Crippen molar-refractivity contribution in [3.05, 3.63) is 29.1 Å². The Morgan fingerprint density at radius 1 is 1.40 bits per heavy atom. The third-order valence-corrected chi connectivity index (χ3v) is 2.33. The van der Waals surface area contributed by atoms with Crippen molar-refractivity contribution in [1.82, 2.24) is 0 Å². The van der Waals surface area contributed by atoms with Crippen LogP contribution in [-0.4, -0.2) is 13.7 Å². The molecule has 0 bridgehead atoms. The van der Waals surface area contributed by atoms with Crippen molar-refractivity contribution < 1.29 is 14.0 Å². The van der Waals surface area contributed by atoms with Crippen molar-refractivity contribution in [1.29, 1.82) is 0 Å². The Kier molecular flexibility index (Phi) is 4.52. The van der Waals surface area contributed by atoms with Crippen molar-refractivity contribution in [2.75, 3.05) is 13.7 Å². The zero-order valence-corrected chi connectivity index (χ0v) is 9.05. The fourth-order valence-corrected chi connectivity index (χ4v) is 1.64. The third-order valence-electron chi connectivity index (χ3n) is 2.33. The molecule has 15 heavy (non-hydrogen) atoms. The molecule has 0 aliphatic heterocycles. The molecule has 1 aromatic rings. The molecule has 0 atom stereocenters. The monoisotopic (exact) mass is 213 g/mol. The van der Waals surface area contributed by atoms with Crippen molar-refractivity contribution in [2.45, 2.75) is 19.8 Å². The molecule has 0 heterocycles. The zero-order valence-electron chi connectivity index (χ0n) is 9.05. The highest BCUT2D eigenvalue weighted by Crippen LogP contribution is 2.25. The molecule has 0 aliphatic rings. The number of hydrogen-bond acceptors (Lipinski definition) is 3. The number of nitrogens with two attached hydrogens (primary N) is 1. The van der Waals surface area contributed by atoms with Crippen LogP contribution in [0.25, 0.3) is 0 Å². The van der Waals surface area contributed by atoms with Gasteiger partial charge < -0.3 is 9.57 Å². The van der Waals surface area contributed by atoms with E-state index in [9.17, 15) is 4.39 Å². The van der Waals surface area contributed by atoms with Crippen molar-refractivity contribution >= 4 is 0 Å². The summed E-state index contributed by atoms with van der Waals surface area (Å²) in [6.07, 6.45) is 1.39. The van der Waals surface area contributed by atoms with E-state index in [1.807, 2.05) is 6.92 Å². The largest absolute Gasteiger partial charge is 0.496 e. The number of halogens is 1. The van der Waals surface area contributed by atoms with E-state index in [-0.39, 0.29) is 5.82 Å². The fraction of sp³-hybridized carbons (Fsp3) is 0.455. The molecule has 0 unspecified atom stereocenters. The molecule has 84 valence electrons. The smallest absolute Gasteiger partial charge is 0.127 e. The van der Waals surface area contributed by atoms with Gasteiger partial charge in [-0.15, -0.1) is 0 Å². The predicted octanol–water partition coefficient (Wildman–Crippen LogP) is 1.83. The lowest BCUT2D eigenvalue weighted by molar-refractivity contribution is 0.141. The summed E-state index contributed by atoms with van der Waals surface area (Å²) in [6, 6.07) is 2.89. The summed E-state index contributed by atoms with van der Waals surface area (Å²) in [7, 11) is 1.54. The first-order chi connectivity index (χ1) is 7.22. The number of rotatable bonds is 5. The van der Waals surface area contributed by atoms with Gasteiger partial charge in [-0.05, 0) is 30.0 Å². The lowest BCUT2D eigenvalue weighted by Gasteiger charge is -2.12. The minimum Gasteiger partial charge on any atom is -0.496 e. The molecule has 1 aromatic carbocycles. The van der Waals surface area contributed by atoms with Crippen LogP contribution in [0.5, 0.6) is 5.75 Å². The van der Waals surface area contributed by atoms with Crippen molar-refractivity contribution in [3.63, 3.8) is 0 Å². The average Bonchev–Trinajstić information content (AvgIpc) is 2.25. The van der Waals surface area contributed by atoms with Crippen molar-refractivity contribution in [3.8, 4) is 5.75 Å². The van der Waals surface area contributed by atoms with Crippen LogP contribution in [0.4, 0.5) is 4.39 Å². The minimum atomic E-state index is -0.295. The fourth-order valence-electron chi connectivity index (χ4n) is 1.64. The Morgan fingerprint density at radius 3 is 2.67 bits per heavy atom. The van der Waals surface area contributed by atoms with E-state index in [0.717, 1.165) is 17.5 Å². The highest BCUT2D eigenvalue weighted by atomic mass is 19.1. The van der Waals surface area contributed by atoms with Crippen LogP contribution in [-0.2, 0) is 17.7 Å². The highest BCUT2D eigenvalue weighted by Gasteiger charge is 2.09. The Bertz CT molecular complexity index is 329. The van der Waals surface area contributed by atoms with E-state index in [2.05, 4.69) is 4.84 Å². The van der Waals surface area contributed by atoms with Gasteiger partial charge in [0.15, 0.2) is 0 Å². The Labute approximate surface area is 88.9 Å². The van der Waals surface area contributed by atoms with Crippen LogP contribution < -0.4 is 10.6 Å². The Hall–Kier alpha value is -1.13. The van der Waals surface area contributed by atoms with Gasteiger partial charge in [0.2, 0.25) is 0 Å². The van der Waals surface area contributed by atoms with Gasteiger partial charge >= 0.3 is 0 Å². The first-order valence-corrected chi connectivity index (χ1v) is 4.89. The number of ether oxygens (including phenoxy) is 1. The molecule has 2 N–H and O–H groups in total. The van der Waals surface area contributed by atoms with Gasteiger partial charge in [0.25, 0.3) is 0 Å². The van der Waals surface area contributed by atoms with Gasteiger partial charge in [0, 0.05) is 6.07 Å². The van der Waals surface area contributed by atoms with Crippen LogP contribution in [0.15, 0.2) is 12.1 Å². The molecule has 0 fully saturated rings. The number of methoxy groups -OCH3 is 1. The van der Waals surface area contributed by atoms with E-state index >= 15 is 0 Å². The van der Waals surface area contributed by atoms with Crippen molar-refractivity contribution in [2.24, 2.45) is 5.90 Å². The summed E-state index contributed by atoms with van der Waals surface area (Å²) in [5.41, 5.74) is 1.90. The van der Waals surface area contributed by atoms with Crippen LogP contribution in [0.3, 0.4) is 0 Å². The number of hydrogen-bond donors (Lipinski definition) is 1. The first-order valence-electron chi connectivity index (χ1n) is 4.89. The maximum atomic E-state index is 13.2. The molecule has 0 radical (unpaired) electrons. The molecule has 0 amide bonds. The average molecular weight is 213 g/mol. The van der Waals surface area contributed by atoms with Gasteiger partial charge in [0.1, 0.15) is 11.6 Å². The van der Waals surface area contributed by atoms with Gasteiger partial charge in [0.05, 0.1) is 13.7 Å². The van der Waals surface area contributed by atoms with Gasteiger partial charge in [-0.25, -0.2) is 10.3 Å². The summed E-state index contributed by atoms with van der Waals surface area (Å²) < 4.78 is 18.3. The second-order valence-corrected chi connectivity index (χ2v) is 3.22. The minimum absolute atomic E-state index is 0.295. The molecule has 0 aromatic heterocycles. The molecule has 1 rings (SSSR count). The molecule has 0 saturated heterocycles. The van der Waals surface area contributed by atoms with E-state index in [1.54, 1.807) is 0 Å².